The molecule has 4 nitrogen and oxygen atoms in total. The lowest BCUT2D eigenvalue weighted by atomic mass is 10.1. The predicted molar refractivity (Wildman–Crippen MR) is 130 cm³/mol. The van der Waals surface area contributed by atoms with Crippen LogP contribution in [0.25, 0.3) is 10.8 Å². The van der Waals surface area contributed by atoms with Crippen molar-refractivity contribution in [2.45, 2.75) is 25.7 Å². The van der Waals surface area contributed by atoms with Crippen molar-refractivity contribution in [2.24, 2.45) is 0 Å². The highest BCUT2D eigenvalue weighted by Crippen LogP contribution is 2.30. The Hall–Kier alpha value is -3.58. The number of amides is 1. The third-order valence-corrected chi connectivity index (χ3v) is 5.94. The summed E-state index contributed by atoms with van der Waals surface area (Å²) < 4.78 is 46.5. The first-order chi connectivity index (χ1) is 16.8. The number of aromatic nitrogens is 1. The number of alkyl halides is 3. The SMILES string of the molecule is COCCCN(Cc1cccn1Cc1cccc(C(F)(F)F)c1)C(=O)c1ccc2ccccc2c1. The Morgan fingerprint density at radius 2 is 1.74 bits per heavy atom. The average Bonchev–Trinajstić information content (AvgIpc) is 3.28. The van der Waals surface area contributed by atoms with Crippen molar-refractivity contribution in [2.75, 3.05) is 20.3 Å². The van der Waals surface area contributed by atoms with Crippen molar-refractivity contribution in [3.05, 3.63) is 107 Å². The summed E-state index contributed by atoms with van der Waals surface area (Å²) in [5, 5.41) is 2.05. The Balaban J connectivity index is 1.56. The normalized spacial score (nSPS) is 11.7. The number of methoxy groups -OCH3 is 1. The lowest BCUT2D eigenvalue weighted by molar-refractivity contribution is -0.137. The van der Waals surface area contributed by atoms with Crippen LogP contribution in [-0.2, 0) is 24.0 Å². The van der Waals surface area contributed by atoms with Crippen LogP contribution in [-0.4, -0.2) is 35.6 Å². The number of benzene rings is 3. The third kappa shape index (κ3) is 6.11. The summed E-state index contributed by atoms with van der Waals surface area (Å²) in [5.74, 6) is -0.0984. The highest BCUT2D eigenvalue weighted by Gasteiger charge is 2.30. The second-order valence-corrected chi connectivity index (χ2v) is 8.46. The van der Waals surface area contributed by atoms with Gasteiger partial charge in [-0.15, -0.1) is 0 Å². The van der Waals surface area contributed by atoms with E-state index in [1.165, 1.54) is 12.1 Å². The maximum atomic E-state index is 13.5. The maximum Gasteiger partial charge on any atom is 0.416 e. The first kappa shape index (κ1) is 24.5. The molecule has 0 aliphatic rings. The molecule has 1 heterocycles. The number of rotatable bonds is 9. The molecule has 0 aliphatic carbocycles. The number of ether oxygens (including phenoxy) is 1. The molecule has 1 amide bonds. The first-order valence-corrected chi connectivity index (χ1v) is 11.4. The van der Waals surface area contributed by atoms with Crippen LogP contribution in [0.4, 0.5) is 13.2 Å². The fourth-order valence-electron chi connectivity index (χ4n) is 4.14. The second kappa shape index (κ2) is 10.8. The van der Waals surface area contributed by atoms with Gasteiger partial charge in [-0.2, -0.15) is 13.2 Å². The van der Waals surface area contributed by atoms with E-state index < -0.39 is 11.7 Å². The number of fused-ring (bicyclic) bond motifs is 1. The van der Waals surface area contributed by atoms with Crippen LogP contribution in [0.2, 0.25) is 0 Å². The third-order valence-electron chi connectivity index (χ3n) is 5.94. The standard InChI is InChI=1S/C28H27F3N2O2/c1-35-16-6-15-33(27(34)24-13-12-22-8-2-3-9-23(22)18-24)20-26-11-5-14-32(26)19-21-7-4-10-25(17-21)28(29,30)31/h2-5,7-14,17-18H,6,15-16,19-20H2,1H3. The monoisotopic (exact) mass is 480 g/mol. The van der Waals surface area contributed by atoms with Gasteiger partial charge in [0.1, 0.15) is 0 Å². The van der Waals surface area contributed by atoms with Gasteiger partial charge in [0.2, 0.25) is 0 Å². The van der Waals surface area contributed by atoms with Crippen molar-refractivity contribution >= 4 is 16.7 Å². The van der Waals surface area contributed by atoms with E-state index in [-0.39, 0.29) is 12.5 Å². The predicted octanol–water partition coefficient (Wildman–Crippen LogP) is 6.39. The van der Waals surface area contributed by atoms with Crippen LogP contribution in [0.1, 0.15) is 33.6 Å². The quantitative estimate of drug-likeness (QED) is 0.260. The zero-order valence-electron chi connectivity index (χ0n) is 19.5. The largest absolute Gasteiger partial charge is 0.416 e. The summed E-state index contributed by atoms with van der Waals surface area (Å²) in [4.78, 5) is 15.2. The van der Waals surface area contributed by atoms with E-state index in [0.717, 1.165) is 22.5 Å². The minimum atomic E-state index is -4.39. The zero-order valence-corrected chi connectivity index (χ0v) is 19.5. The first-order valence-electron chi connectivity index (χ1n) is 11.4. The summed E-state index contributed by atoms with van der Waals surface area (Å²) in [6.07, 6.45) is -1.90. The molecule has 0 bridgehead atoms. The number of carbonyl (C=O) groups is 1. The molecule has 0 radical (unpaired) electrons. The molecule has 182 valence electrons. The Morgan fingerprint density at radius 1 is 0.943 bits per heavy atom. The second-order valence-electron chi connectivity index (χ2n) is 8.46. The molecule has 35 heavy (non-hydrogen) atoms. The van der Waals surface area contributed by atoms with Gasteiger partial charge in [-0.25, -0.2) is 0 Å². The fourth-order valence-corrected chi connectivity index (χ4v) is 4.14. The molecule has 3 aromatic carbocycles. The Kier molecular flexibility index (Phi) is 7.56. The number of hydrogen-bond acceptors (Lipinski definition) is 2. The van der Waals surface area contributed by atoms with Gasteiger partial charge in [-0.3, -0.25) is 4.79 Å². The highest BCUT2D eigenvalue weighted by molar-refractivity contribution is 5.98. The number of hydrogen-bond donors (Lipinski definition) is 0. The molecule has 1 aromatic heterocycles. The Morgan fingerprint density at radius 3 is 2.51 bits per heavy atom. The summed E-state index contributed by atoms with van der Waals surface area (Å²) in [7, 11) is 1.62. The van der Waals surface area contributed by atoms with E-state index in [0.29, 0.717) is 37.2 Å². The number of nitrogens with zero attached hydrogens (tertiary/aromatic N) is 2. The lowest BCUT2D eigenvalue weighted by Crippen LogP contribution is -2.33. The molecule has 0 N–H and O–H groups in total. The van der Waals surface area contributed by atoms with Gasteiger partial charge in [-0.1, -0.05) is 42.5 Å². The number of carbonyl (C=O) groups excluding carboxylic acids is 1. The van der Waals surface area contributed by atoms with Crippen LogP contribution < -0.4 is 0 Å². The molecule has 0 saturated heterocycles. The van der Waals surface area contributed by atoms with Gasteiger partial charge in [-0.05, 0) is 59.2 Å². The molecule has 0 aliphatic heterocycles. The minimum Gasteiger partial charge on any atom is -0.385 e. The molecule has 0 unspecified atom stereocenters. The molecule has 4 aromatic rings. The van der Waals surface area contributed by atoms with Gasteiger partial charge in [0, 0.05) is 44.3 Å². The van der Waals surface area contributed by atoms with Crippen molar-refractivity contribution in [1.29, 1.82) is 0 Å². The molecule has 0 atom stereocenters. The van der Waals surface area contributed by atoms with Crippen molar-refractivity contribution in [1.82, 2.24) is 9.47 Å². The summed E-state index contributed by atoms with van der Waals surface area (Å²) in [5.41, 5.74) is 1.31. The van der Waals surface area contributed by atoms with Crippen molar-refractivity contribution in [3.63, 3.8) is 0 Å². The molecule has 0 spiro atoms. The van der Waals surface area contributed by atoms with Gasteiger partial charge in [0.15, 0.2) is 0 Å². The van der Waals surface area contributed by atoms with Crippen LogP contribution in [0.15, 0.2) is 85.1 Å². The van der Waals surface area contributed by atoms with E-state index in [1.54, 1.807) is 18.1 Å². The van der Waals surface area contributed by atoms with Gasteiger partial charge in [0.25, 0.3) is 5.91 Å². The van der Waals surface area contributed by atoms with E-state index >= 15 is 0 Å². The van der Waals surface area contributed by atoms with Gasteiger partial charge >= 0.3 is 6.18 Å². The molecule has 7 heteroatoms. The van der Waals surface area contributed by atoms with E-state index in [4.69, 9.17) is 4.74 Å². The molecule has 4 rings (SSSR count). The Labute approximate surface area is 202 Å². The summed E-state index contributed by atoms with van der Waals surface area (Å²) in [6.45, 7) is 1.63. The fraction of sp³-hybridized carbons (Fsp3) is 0.250. The minimum absolute atomic E-state index is 0.0984. The van der Waals surface area contributed by atoms with Gasteiger partial charge in [0.05, 0.1) is 12.1 Å². The average molecular weight is 481 g/mol. The van der Waals surface area contributed by atoms with Crippen LogP contribution in [0, 0.1) is 0 Å². The van der Waals surface area contributed by atoms with Crippen molar-refractivity contribution in [3.8, 4) is 0 Å². The Bertz CT molecular complexity index is 1300. The molecular weight excluding hydrogens is 453 g/mol. The van der Waals surface area contributed by atoms with Crippen LogP contribution in [0.5, 0.6) is 0 Å². The van der Waals surface area contributed by atoms with Gasteiger partial charge < -0.3 is 14.2 Å². The summed E-state index contributed by atoms with van der Waals surface area (Å²) >= 11 is 0. The molecular formula is C28H27F3N2O2. The number of halogens is 3. The van der Waals surface area contributed by atoms with E-state index in [2.05, 4.69) is 0 Å². The zero-order chi connectivity index (χ0) is 24.8. The van der Waals surface area contributed by atoms with E-state index in [9.17, 15) is 18.0 Å². The van der Waals surface area contributed by atoms with Crippen LogP contribution in [0.3, 0.4) is 0 Å². The summed E-state index contributed by atoms with van der Waals surface area (Å²) in [6, 6.07) is 22.6. The molecule has 0 saturated carbocycles. The van der Waals surface area contributed by atoms with E-state index in [1.807, 2.05) is 65.4 Å². The van der Waals surface area contributed by atoms with Crippen LogP contribution >= 0.6 is 0 Å². The smallest absolute Gasteiger partial charge is 0.385 e. The highest BCUT2D eigenvalue weighted by atomic mass is 19.4. The topological polar surface area (TPSA) is 34.5 Å². The maximum absolute atomic E-state index is 13.5. The molecule has 0 fully saturated rings. The van der Waals surface area contributed by atoms with Crippen molar-refractivity contribution < 1.29 is 22.7 Å². The lowest BCUT2D eigenvalue weighted by Gasteiger charge is -2.24.